The molecule has 12 heavy (non-hydrogen) atoms. The van der Waals surface area contributed by atoms with Crippen molar-refractivity contribution in [3.63, 3.8) is 0 Å². The smallest absolute Gasteiger partial charge is 0.168 e. The van der Waals surface area contributed by atoms with Crippen LogP contribution >= 0.6 is 0 Å². The highest BCUT2D eigenvalue weighted by molar-refractivity contribution is 4.74. The molecule has 0 radical (unpaired) electrons. The van der Waals surface area contributed by atoms with Gasteiger partial charge in [-0.05, 0) is 12.8 Å². The zero-order valence-corrected chi connectivity index (χ0v) is 8.04. The summed E-state index contributed by atoms with van der Waals surface area (Å²) in [5.41, 5.74) is 0. The van der Waals surface area contributed by atoms with Crippen molar-refractivity contribution in [3.8, 4) is 0 Å². The van der Waals surface area contributed by atoms with Crippen LogP contribution in [0.15, 0.2) is 0 Å². The number of ether oxygens (including phenoxy) is 2. The van der Waals surface area contributed by atoms with Crippen LogP contribution in [0, 0.1) is 5.92 Å². The molecule has 1 rings (SSSR count). The van der Waals surface area contributed by atoms with Crippen molar-refractivity contribution in [2.45, 2.75) is 39.1 Å². The Labute approximate surface area is 73.7 Å². The molecule has 1 atom stereocenters. The van der Waals surface area contributed by atoms with Crippen molar-refractivity contribution in [1.82, 2.24) is 0 Å². The van der Waals surface area contributed by atoms with Crippen LogP contribution in [0.4, 0.5) is 0 Å². The van der Waals surface area contributed by atoms with E-state index in [1.807, 2.05) is 20.8 Å². The molecule has 0 aromatic carbocycles. The number of rotatable bonds is 3. The van der Waals surface area contributed by atoms with Gasteiger partial charge in [0.1, 0.15) is 0 Å². The van der Waals surface area contributed by atoms with E-state index in [4.69, 9.17) is 9.47 Å². The summed E-state index contributed by atoms with van der Waals surface area (Å²) in [6, 6.07) is 0. The van der Waals surface area contributed by atoms with Crippen LogP contribution in [-0.4, -0.2) is 30.2 Å². The molecule has 0 aromatic rings. The van der Waals surface area contributed by atoms with E-state index < -0.39 is 5.79 Å². The van der Waals surface area contributed by atoms with Crippen LogP contribution in [0.5, 0.6) is 0 Å². The predicted octanol–water partition coefficient (Wildman–Crippen LogP) is 1.16. The third-order valence-electron chi connectivity index (χ3n) is 2.25. The molecule has 1 aliphatic rings. The van der Waals surface area contributed by atoms with Gasteiger partial charge in [-0.15, -0.1) is 0 Å². The standard InChI is InChI=1S/C9H18O3/c1-7(2)8(10)6-9(3)11-4-5-12-9/h7-8,10H,4-6H2,1-3H3/t8-/m1/s1. The lowest BCUT2D eigenvalue weighted by Crippen LogP contribution is -2.33. The van der Waals surface area contributed by atoms with Crippen LogP contribution in [-0.2, 0) is 9.47 Å². The van der Waals surface area contributed by atoms with E-state index >= 15 is 0 Å². The van der Waals surface area contributed by atoms with Crippen molar-refractivity contribution >= 4 is 0 Å². The molecule has 1 aliphatic heterocycles. The minimum absolute atomic E-state index is 0.259. The van der Waals surface area contributed by atoms with E-state index in [0.29, 0.717) is 19.6 Å². The van der Waals surface area contributed by atoms with Crippen LogP contribution in [0.3, 0.4) is 0 Å². The summed E-state index contributed by atoms with van der Waals surface area (Å²) in [6.45, 7) is 7.14. The molecular weight excluding hydrogens is 156 g/mol. The molecular formula is C9H18O3. The first-order valence-electron chi connectivity index (χ1n) is 4.49. The van der Waals surface area contributed by atoms with E-state index in [2.05, 4.69) is 0 Å². The Hall–Kier alpha value is -0.120. The van der Waals surface area contributed by atoms with Gasteiger partial charge in [-0.3, -0.25) is 0 Å². The van der Waals surface area contributed by atoms with E-state index in [1.165, 1.54) is 0 Å². The fourth-order valence-electron chi connectivity index (χ4n) is 1.29. The van der Waals surface area contributed by atoms with Crippen molar-refractivity contribution in [1.29, 1.82) is 0 Å². The topological polar surface area (TPSA) is 38.7 Å². The van der Waals surface area contributed by atoms with Gasteiger partial charge in [-0.1, -0.05) is 13.8 Å². The highest BCUT2D eigenvalue weighted by Gasteiger charge is 2.33. The highest BCUT2D eigenvalue weighted by atomic mass is 16.7. The van der Waals surface area contributed by atoms with E-state index in [-0.39, 0.29) is 12.0 Å². The lowest BCUT2D eigenvalue weighted by molar-refractivity contribution is -0.166. The third kappa shape index (κ3) is 2.44. The molecule has 3 heteroatoms. The highest BCUT2D eigenvalue weighted by Crippen LogP contribution is 2.26. The lowest BCUT2D eigenvalue weighted by atomic mass is 10.00. The van der Waals surface area contributed by atoms with Gasteiger partial charge in [0.15, 0.2) is 5.79 Å². The van der Waals surface area contributed by atoms with E-state index in [9.17, 15) is 5.11 Å². The van der Waals surface area contributed by atoms with E-state index in [1.54, 1.807) is 0 Å². The first-order valence-corrected chi connectivity index (χ1v) is 4.49. The van der Waals surface area contributed by atoms with E-state index in [0.717, 1.165) is 0 Å². The molecule has 1 heterocycles. The van der Waals surface area contributed by atoms with Gasteiger partial charge in [0.05, 0.1) is 19.3 Å². The molecule has 0 amide bonds. The van der Waals surface area contributed by atoms with Crippen LogP contribution in [0.2, 0.25) is 0 Å². The number of hydrogen-bond acceptors (Lipinski definition) is 3. The SMILES string of the molecule is CC(C)[C@H](O)CC1(C)OCCO1. The fraction of sp³-hybridized carbons (Fsp3) is 1.00. The monoisotopic (exact) mass is 174 g/mol. The Morgan fingerprint density at radius 1 is 1.33 bits per heavy atom. The second-order valence-electron chi connectivity index (χ2n) is 3.85. The number of aliphatic hydroxyl groups is 1. The van der Waals surface area contributed by atoms with Gasteiger partial charge in [-0.25, -0.2) is 0 Å². The average Bonchev–Trinajstić information content (AvgIpc) is 2.35. The molecule has 0 bridgehead atoms. The average molecular weight is 174 g/mol. The molecule has 3 nitrogen and oxygen atoms in total. The summed E-state index contributed by atoms with van der Waals surface area (Å²) in [6.07, 6.45) is 0.220. The summed E-state index contributed by atoms with van der Waals surface area (Å²) in [4.78, 5) is 0. The minimum atomic E-state index is -0.552. The zero-order chi connectivity index (χ0) is 9.19. The Kier molecular flexibility index (Phi) is 3.09. The molecule has 0 saturated carbocycles. The maximum absolute atomic E-state index is 9.59. The molecule has 72 valence electrons. The normalized spacial score (nSPS) is 24.8. The minimum Gasteiger partial charge on any atom is -0.393 e. The fourth-order valence-corrected chi connectivity index (χ4v) is 1.29. The summed E-state index contributed by atoms with van der Waals surface area (Å²) < 4.78 is 10.8. The lowest BCUT2D eigenvalue weighted by Gasteiger charge is -2.26. The maximum Gasteiger partial charge on any atom is 0.168 e. The molecule has 1 N–H and O–H groups in total. The second-order valence-corrected chi connectivity index (χ2v) is 3.85. The molecule has 0 aliphatic carbocycles. The van der Waals surface area contributed by atoms with Crippen LogP contribution < -0.4 is 0 Å². The predicted molar refractivity (Wildman–Crippen MR) is 45.8 cm³/mol. The summed E-state index contributed by atoms with van der Waals surface area (Å²) >= 11 is 0. The van der Waals surface area contributed by atoms with Crippen molar-refractivity contribution in [2.24, 2.45) is 5.92 Å². The molecule has 0 spiro atoms. The summed E-state index contributed by atoms with van der Waals surface area (Å²) in [7, 11) is 0. The van der Waals surface area contributed by atoms with Crippen molar-refractivity contribution in [3.05, 3.63) is 0 Å². The van der Waals surface area contributed by atoms with Crippen molar-refractivity contribution < 1.29 is 14.6 Å². The number of hydrogen-bond donors (Lipinski definition) is 1. The largest absolute Gasteiger partial charge is 0.393 e. The Balaban J connectivity index is 2.38. The van der Waals surface area contributed by atoms with Crippen LogP contribution in [0.1, 0.15) is 27.2 Å². The van der Waals surface area contributed by atoms with Crippen LogP contribution in [0.25, 0.3) is 0 Å². The number of aliphatic hydroxyl groups excluding tert-OH is 1. The molecule has 1 fully saturated rings. The van der Waals surface area contributed by atoms with Gasteiger partial charge in [-0.2, -0.15) is 0 Å². The maximum atomic E-state index is 9.59. The quantitative estimate of drug-likeness (QED) is 0.697. The summed E-state index contributed by atoms with van der Waals surface area (Å²) in [5.74, 6) is -0.293. The first-order chi connectivity index (χ1) is 5.53. The Bertz CT molecular complexity index is 139. The van der Waals surface area contributed by atoms with Gasteiger partial charge in [0, 0.05) is 6.42 Å². The third-order valence-corrected chi connectivity index (χ3v) is 2.25. The molecule has 0 aromatic heterocycles. The molecule has 1 saturated heterocycles. The summed E-state index contributed by atoms with van der Waals surface area (Å²) in [5, 5.41) is 9.59. The Morgan fingerprint density at radius 3 is 2.25 bits per heavy atom. The second kappa shape index (κ2) is 3.73. The Morgan fingerprint density at radius 2 is 1.83 bits per heavy atom. The zero-order valence-electron chi connectivity index (χ0n) is 8.04. The first kappa shape index (κ1) is 9.96. The van der Waals surface area contributed by atoms with Crippen molar-refractivity contribution in [2.75, 3.05) is 13.2 Å². The van der Waals surface area contributed by atoms with Gasteiger partial charge in [0.2, 0.25) is 0 Å². The van der Waals surface area contributed by atoms with Gasteiger partial charge >= 0.3 is 0 Å². The van der Waals surface area contributed by atoms with Gasteiger partial charge < -0.3 is 14.6 Å². The molecule has 0 unspecified atom stereocenters. The van der Waals surface area contributed by atoms with Gasteiger partial charge in [0.25, 0.3) is 0 Å².